The van der Waals surface area contributed by atoms with Crippen LogP contribution in [-0.2, 0) is 0 Å². The maximum atomic E-state index is 12.2. The fourth-order valence-electron chi connectivity index (χ4n) is 2.53. The first-order valence-corrected chi connectivity index (χ1v) is 7.81. The molecule has 2 rings (SSSR count). The van der Waals surface area contributed by atoms with Crippen molar-refractivity contribution in [1.29, 1.82) is 5.41 Å². The van der Waals surface area contributed by atoms with Gasteiger partial charge in [0.25, 0.3) is 5.56 Å². The number of allylic oxidation sites excluding steroid dienone is 2. The van der Waals surface area contributed by atoms with Crippen molar-refractivity contribution in [2.24, 2.45) is 5.73 Å². The number of ether oxygens (including phenoxy) is 1. The number of aromatic nitrogens is 1. The summed E-state index contributed by atoms with van der Waals surface area (Å²) in [5.41, 5.74) is 8.78. The second-order valence-electron chi connectivity index (χ2n) is 5.97. The molecule has 0 saturated heterocycles. The van der Waals surface area contributed by atoms with E-state index in [1.165, 1.54) is 6.07 Å². The van der Waals surface area contributed by atoms with Crippen LogP contribution in [0.3, 0.4) is 0 Å². The molecule has 1 aromatic carbocycles. The van der Waals surface area contributed by atoms with Gasteiger partial charge in [-0.3, -0.25) is 9.36 Å². The van der Waals surface area contributed by atoms with Gasteiger partial charge in [-0.1, -0.05) is 0 Å². The van der Waals surface area contributed by atoms with Crippen LogP contribution in [-0.4, -0.2) is 16.4 Å². The zero-order valence-corrected chi connectivity index (χ0v) is 14.5. The normalized spacial score (nSPS) is 12.0. The molecule has 0 bridgehead atoms. The van der Waals surface area contributed by atoms with Crippen LogP contribution in [0.25, 0.3) is 11.3 Å². The Balaban J connectivity index is 2.48. The van der Waals surface area contributed by atoms with Crippen LogP contribution in [0.4, 0.5) is 0 Å². The van der Waals surface area contributed by atoms with E-state index in [-0.39, 0.29) is 11.7 Å². The van der Waals surface area contributed by atoms with E-state index in [2.05, 4.69) is 0 Å². The molecule has 126 valence electrons. The summed E-state index contributed by atoms with van der Waals surface area (Å²) in [7, 11) is 0. The standard InChI is InChI=1S/C19H23N3O2/c1-12(2)24-17-8-6-16(7-9-17)22-11-15(5-10-18(22)23)19(13(3)20)14(4)21/h5-12,20H,21H2,1-4H3/b19-14+,20-13?. The van der Waals surface area contributed by atoms with Gasteiger partial charge in [0, 0.05) is 40.5 Å². The minimum absolute atomic E-state index is 0.0951. The number of nitrogens with two attached hydrogens (primary N) is 1. The van der Waals surface area contributed by atoms with Crippen LogP contribution in [0.15, 0.2) is 53.1 Å². The molecule has 1 aromatic heterocycles. The number of hydrogen-bond acceptors (Lipinski definition) is 4. The Morgan fingerprint density at radius 1 is 1.12 bits per heavy atom. The first-order chi connectivity index (χ1) is 11.3. The minimum Gasteiger partial charge on any atom is -0.491 e. The minimum atomic E-state index is -0.145. The zero-order valence-electron chi connectivity index (χ0n) is 14.5. The fourth-order valence-corrected chi connectivity index (χ4v) is 2.53. The number of benzene rings is 1. The molecule has 3 N–H and O–H groups in total. The van der Waals surface area contributed by atoms with Gasteiger partial charge in [-0.05, 0) is 58.0 Å². The van der Waals surface area contributed by atoms with E-state index in [0.29, 0.717) is 17.0 Å². The highest BCUT2D eigenvalue weighted by Gasteiger charge is 2.10. The van der Waals surface area contributed by atoms with Crippen LogP contribution >= 0.6 is 0 Å². The highest BCUT2D eigenvalue weighted by Crippen LogP contribution is 2.20. The molecule has 0 aliphatic carbocycles. The Morgan fingerprint density at radius 2 is 1.75 bits per heavy atom. The number of pyridine rings is 1. The van der Waals surface area contributed by atoms with E-state index < -0.39 is 0 Å². The number of hydrogen-bond donors (Lipinski definition) is 2. The van der Waals surface area contributed by atoms with Gasteiger partial charge >= 0.3 is 0 Å². The van der Waals surface area contributed by atoms with Gasteiger partial charge in [-0.25, -0.2) is 0 Å². The first-order valence-electron chi connectivity index (χ1n) is 7.81. The van der Waals surface area contributed by atoms with E-state index in [0.717, 1.165) is 17.0 Å². The average Bonchev–Trinajstić information content (AvgIpc) is 2.48. The van der Waals surface area contributed by atoms with E-state index in [9.17, 15) is 4.79 Å². The van der Waals surface area contributed by atoms with Gasteiger partial charge in [-0.2, -0.15) is 0 Å². The van der Waals surface area contributed by atoms with Crippen LogP contribution in [0.2, 0.25) is 0 Å². The molecule has 24 heavy (non-hydrogen) atoms. The van der Waals surface area contributed by atoms with Crippen molar-refractivity contribution in [3.8, 4) is 11.4 Å². The summed E-state index contributed by atoms with van der Waals surface area (Å²) >= 11 is 0. The van der Waals surface area contributed by atoms with Gasteiger partial charge in [0.1, 0.15) is 5.75 Å². The summed E-state index contributed by atoms with van der Waals surface area (Å²) in [6, 6.07) is 10.5. The number of nitrogens with zero attached hydrogens (tertiary/aromatic N) is 1. The predicted octanol–water partition coefficient (Wildman–Crippen LogP) is 3.35. The number of nitrogens with one attached hydrogen (secondary N) is 1. The highest BCUT2D eigenvalue weighted by atomic mass is 16.5. The van der Waals surface area contributed by atoms with Crippen molar-refractivity contribution in [2.75, 3.05) is 0 Å². The summed E-state index contributed by atoms with van der Waals surface area (Å²) in [6.45, 7) is 7.36. The van der Waals surface area contributed by atoms with Crippen LogP contribution in [0.5, 0.6) is 5.75 Å². The lowest BCUT2D eigenvalue weighted by Gasteiger charge is -2.13. The monoisotopic (exact) mass is 325 g/mol. The summed E-state index contributed by atoms with van der Waals surface area (Å²) in [5.74, 6) is 0.756. The van der Waals surface area contributed by atoms with Crippen molar-refractivity contribution in [3.63, 3.8) is 0 Å². The quantitative estimate of drug-likeness (QED) is 0.827. The molecule has 0 atom stereocenters. The third-order valence-corrected chi connectivity index (χ3v) is 3.46. The third kappa shape index (κ3) is 3.93. The van der Waals surface area contributed by atoms with E-state index in [1.54, 1.807) is 30.7 Å². The second kappa shape index (κ2) is 7.17. The molecule has 0 fully saturated rings. The van der Waals surface area contributed by atoms with Gasteiger partial charge in [-0.15, -0.1) is 0 Å². The molecule has 0 unspecified atom stereocenters. The summed E-state index contributed by atoms with van der Waals surface area (Å²) in [4.78, 5) is 12.2. The SMILES string of the molecule is CC(=N)/C(=C(/C)N)c1ccc(=O)n(-c2ccc(OC(C)C)cc2)c1. The summed E-state index contributed by atoms with van der Waals surface area (Å²) in [6.07, 6.45) is 1.81. The van der Waals surface area contributed by atoms with Gasteiger partial charge < -0.3 is 15.9 Å². The van der Waals surface area contributed by atoms with Crippen LogP contribution in [0.1, 0.15) is 33.3 Å². The van der Waals surface area contributed by atoms with Crippen molar-refractivity contribution in [1.82, 2.24) is 4.57 Å². The summed E-state index contributed by atoms with van der Waals surface area (Å²) < 4.78 is 7.16. The smallest absolute Gasteiger partial charge is 0.255 e. The van der Waals surface area contributed by atoms with E-state index in [1.807, 2.05) is 38.1 Å². The Bertz CT molecular complexity index is 826. The first kappa shape index (κ1) is 17.5. The fraction of sp³-hybridized carbons (Fsp3) is 0.263. The topological polar surface area (TPSA) is 81.1 Å². The van der Waals surface area contributed by atoms with Gasteiger partial charge in [0.2, 0.25) is 0 Å². The van der Waals surface area contributed by atoms with Crippen molar-refractivity contribution < 1.29 is 4.74 Å². The Labute approximate surface area is 141 Å². The van der Waals surface area contributed by atoms with Crippen LogP contribution in [0, 0.1) is 5.41 Å². The molecule has 2 aromatic rings. The molecule has 1 heterocycles. The maximum Gasteiger partial charge on any atom is 0.255 e. The third-order valence-electron chi connectivity index (χ3n) is 3.46. The molecule has 0 aliphatic heterocycles. The Morgan fingerprint density at radius 3 is 2.25 bits per heavy atom. The van der Waals surface area contributed by atoms with E-state index in [4.69, 9.17) is 15.9 Å². The molecular formula is C19H23N3O2. The number of rotatable bonds is 5. The molecular weight excluding hydrogens is 302 g/mol. The Kier molecular flexibility index (Phi) is 5.24. The maximum absolute atomic E-state index is 12.2. The molecule has 5 nitrogen and oxygen atoms in total. The van der Waals surface area contributed by atoms with Crippen molar-refractivity contribution >= 4 is 11.3 Å². The highest BCUT2D eigenvalue weighted by molar-refractivity contribution is 6.21. The molecule has 5 heteroatoms. The Hall–Kier alpha value is -2.82. The van der Waals surface area contributed by atoms with Crippen LogP contribution < -0.4 is 16.0 Å². The molecule has 0 aliphatic rings. The molecule has 0 saturated carbocycles. The van der Waals surface area contributed by atoms with Crippen molar-refractivity contribution in [3.05, 3.63) is 64.2 Å². The van der Waals surface area contributed by atoms with Gasteiger partial charge in [0.05, 0.1) is 6.10 Å². The zero-order chi connectivity index (χ0) is 17.9. The van der Waals surface area contributed by atoms with E-state index >= 15 is 0 Å². The lowest BCUT2D eigenvalue weighted by atomic mass is 10.0. The lowest BCUT2D eigenvalue weighted by Crippen LogP contribution is -2.18. The molecule has 0 radical (unpaired) electrons. The second-order valence-corrected chi connectivity index (χ2v) is 5.97. The lowest BCUT2D eigenvalue weighted by molar-refractivity contribution is 0.242. The molecule has 0 amide bonds. The predicted molar refractivity (Wildman–Crippen MR) is 98.0 cm³/mol. The molecule has 0 spiro atoms. The van der Waals surface area contributed by atoms with Crippen molar-refractivity contribution in [2.45, 2.75) is 33.8 Å². The largest absolute Gasteiger partial charge is 0.491 e. The summed E-state index contributed by atoms with van der Waals surface area (Å²) in [5, 5.41) is 7.90. The average molecular weight is 325 g/mol. The van der Waals surface area contributed by atoms with Gasteiger partial charge in [0.15, 0.2) is 0 Å².